The zero-order valence-electron chi connectivity index (χ0n) is 12.9. The summed E-state index contributed by atoms with van der Waals surface area (Å²) < 4.78 is 25.0. The van der Waals surface area contributed by atoms with Crippen molar-refractivity contribution in [2.24, 2.45) is 4.99 Å². The first-order chi connectivity index (χ1) is 10.4. The van der Waals surface area contributed by atoms with Crippen molar-refractivity contribution in [1.29, 1.82) is 0 Å². The van der Waals surface area contributed by atoms with Gasteiger partial charge in [0.2, 0.25) is 10.0 Å². The molecule has 1 rings (SSSR count). The summed E-state index contributed by atoms with van der Waals surface area (Å²) >= 11 is 11.9. The van der Waals surface area contributed by atoms with Crippen LogP contribution < -0.4 is 15.4 Å². The molecule has 0 saturated heterocycles. The summed E-state index contributed by atoms with van der Waals surface area (Å²) in [5.41, 5.74) is 0.890. The minimum absolute atomic E-state index is 0. The molecule has 10 heteroatoms. The highest BCUT2D eigenvalue weighted by Crippen LogP contribution is 2.20. The second-order valence-corrected chi connectivity index (χ2v) is 7.33. The summed E-state index contributed by atoms with van der Waals surface area (Å²) in [6.45, 7) is 2.79. The number of nitrogens with one attached hydrogen (secondary N) is 3. The first kappa shape index (κ1) is 22.7. The summed E-state index contributed by atoms with van der Waals surface area (Å²) in [6.07, 6.45) is 0. The average Bonchev–Trinajstić information content (AvgIpc) is 2.48. The van der Waals surface area contributed by atoms with Crippen molar-refractivity contribution in [3.8, 4) is 0 Å². The van der Waals surface area contributed by atoms with E-state index in [2.05, 4.69) is 20.3 Å². The summed E-state index contributed by atoms with van der Waals surface area (Å²) in [5.74, 6) is 0.622. The quantitative estimate of drug-likeness (QED) is 0.235. The molecule has 0 amide bonds. The van der Waals surface area contributed by atoms with Gasteiger partial charge in [-0.05, 0) is 24.6 Å². The number of aliphatic imine (C=N–C) groups is 1. The lowest BCUT2D eigenvalue weighted by molar-refractivity contribution is 0.582. The molecule has 0 saturated carbocycles. The third kappa shape index (κ3) is 8.94. The molecule has 0 fully saturated rings. The second-order valence-electron chi connectivity index (χ2n) is 4.39. The van der Waals surface area contributed by atoms with Crippen LogP contribution in [0, 0.1) is 0 Å². The van der Waals surface area contributed by atoms with Gasteiger partial charge in [-0.3, -0.25) is 4.99 Å². The third-order valence-electron chi connectivity index (χ3n) is 2.80. The molecule has 0 aliphatic rings. The molecule has 6 nitrogen and oxygen atoms in total. The molecule has 0 bridgehead atoms. The van der Waals surface area contributed by atoms with Gasteiger partial charge in [-0.1, -0.05) is 29.3 Å². The molecule has 132 valence electrons. The summed E-state index contributed by atoms with van der Waals surface area (Å²) in [5, 5.41) is 7.26. The molecule has 0 aliphatic heterocycles. The maximum absolute atomic E-state index is 11.3. The number of halogens is 3. The fourth-order valence-corrected chi connectivity index (χ4v) is 2.65. The molecule has 0 unspecified atom stereocenters. The molecule has 0 aliphatic carbocycles. The summed E-state index contributed by atoms with van der Waals surface area (Å²) in [6, 6.07) is 5.27. The summed E-state index contributed by atoms with van der Waals surface area (Å²) in [7, 11) is -1.54. The van der Waals surface area contributed by atoms with Crippen LogP contribution in [0.2, 0.25) is 10.0 Å². The van der Waals surface area contributed by atoms with Crippen LogP contribution in [0.15, 0.2) is 23.2 Å². The number of rotatable bonds is 7. The fourth-order valence-electron chi connectivity index (χ4n) is 1.55. The predicted octanol–water partition coefficient (Wildman–Crippen LogP) is 2.22. The number of hydrogen-bond acceptors (Lipinski definition) is 3. The number of nitrogens with zero attached hydrogens (tertiary/aromatic N) is 1. The van der Waals surface area contributed by atoms with Crippen LogP contribution in [0.1, 0.15) is 12.5 Å². The highest BCUT2D eigenvalue weighted by molar-refractivity contribution is 14.0. The number of guanidine groups is 1. The van der Waals surface area contributed by atoms with Gasteiger partial charge >= 0.3 is 0 Å². The van der Waals surface area contributed by atoms with Gasteiger partial charge < -0.3 is 10.6 Å². The Hall–Kier alpha value is -0.290. The van der Waals surface area contributed by atoms with E-state index in [4.69, 9.17) is 23.2 Å². The average molecular weight is 495 g/mol. The van der Waals surface area contributed by atoms with E-state index < -0.39 is 10.0 Å². The first-order valence-corrected chi connectivity index (χ1v) is 9.14. The highest BCUT2D eigenvalue weighted by Gasteiger charge is 2.06. The van der Waals surface area contributed by atoms with Crippen molar-refractivity contribution in [2.75, 3.05) is 25.9 Å². The Bertz CT molecular complexity index is 626. The van der Waals surface area contributed by atoms with Crippen molar-refractivity contribution in [1.82, 2.24) is 15.4 Å². The van der Waals surface area contributed by atoms with E-state index in [-0.39, 0.29) is 29.7 Å². The predicted molar refractivity (Wildman–Crippen MR) is 108 cm³/mol. The van der Waals surface area contributed by atoms with E-state index in [1.165, 1.54) is 0 Å². The molecule has 3 N–H and O–H groups in total. The maximum Gasteiger partial charge on any atom is 0.211 e. The molecule has 0 radical (unpaired) electrons. The van der Waals surface area contributed by atoms with E-state index in [0.717, 1.165) is 5.56 Å². The fraction of sp³-hybridized carbons (Fsp3) is 0.462. The molecular formula is C13H21Cl2IN4O2S. The molecule has 1 aromatic rings. The van der Waals surface area contributed by atoms with E-state index in [1.54, 1.807) is 26.1 Å². The molecule has 0 spiro atoms. The summed E-state index contributed by atoms with van der Waals surface area (Å²) in [4.78, 5) is 4.05. The molecule has 23 heavy (non-hydrogen) atoms. The molecule has 0 aromatic heterocycles. The van der Waals surface area contributed by atoms with E-state index in [0.29, 0.717) is 35.6 Å². The van der Waals surface area contributed by atoms with E-state index >= 15 is 0 Å². The van der Waals surface area contributed by atoms with Gasteiger partial charge in [-0.25, -0.2) is 13.1 Å². The van der Waals surface area contributed by atoms with Gasteiger partial charge in [0.1, 0.15) is 0 Å². The molecule has 0 atom stereocenters. The Labute approximate surface area is 164 Å². The van der Waals surface area contributed by atoms with Crippen molar-refractivity contribution >= 4 is 63.2 Å². The lowest BCUT2D eigenvalue weighted by Crippen LogP contribution is -2.41. The van der Waals surface area contributed by atoms with Crippen LogP contribution in [0.5, 0.6) is 0 Å². The smallest absolute Gasteiger partial charge is 0.211 e. The van der Waals surface area contributed by atoms with Gasteiger partial charge in [0.05, 0.1) is 5.75 Å². The molecule has 1 aromatic carbocycles. The maximum atomic E-state index is 11.3. The van der Waals surface area contributed by atoms with Gasteiger partial charge in [0, 0.05) is 36.7 Å². The monoisotopic (exact) mass is 494 g/mol. The largest absolute Gasteiger partial charge is 0.355 e. The minimum atomic E-state index is -3.17. The SMILES string of the molecule is CCS(=O)(=O)NCCNC(=NC)NCc1ccc(Cl)cc1Cl.I. The zero-order chi connectivity index (χ0) is 16.6. The topological polar surface area (TPSA) is 82.6 Å². The number of hydrogen-bond donors (Lipinski definition) is 3. The Morgan fingerprint density at radius 1 is 1.22 bits per heavy atom. The number of benzene rings is 1. The Balaban J connectivity index is 0.00000484. The molecule has 0 heterocycles. The molecular weight excluding hydrogens is 474 g/mol. The van der Waals surface area contributed by atoms with Crippen molar-refractivity contribution < 1.29 is 8.42 Å². The van der Waals surface area contributed by atoms with E-state index in [9.17, 15) is 8.42 Å². The first-order valence-electron chi connectivity index (χ1n) is 6.73. The van der Waals surface area contributed by atoms with Crippen LogP contribution in [0.4, 0.5) is 0 Å². The van der Waals surface area contributed by atoms with Gasteiger partial charge in [-0.2, -0.15) is 0 Å². The minimum Gasteiger partial charge on any atom is -0.355 e. The van der Waals surface area contributed by atoms with Crippen LogP contribution in [0.3, 0.4) is 0 Å². The Kier molecular flexibility index (Phi) is 11.2. The van der Waals surface area contributed by atoms with Crippen molar-refractivity contribution in [2.45, 2.75) is 13.5 Å². The van der Waals surface area contributed by atoms with Gasteiger partial charge in [0.25, 0.3) is 0 Å². The second kappa shape index (κ2) is 11.3. The Morgan fingerprint density at radius 3 is 2.48 bits per heavy atom. The number of sulfonamides is 1. The lowest BCUT2D eigenvalue weighted by atomic mass is 10.2. The van der Waals surface area contributed by atoms with Crippen LogP contribution in [-0.4, -0.2) is 40.3 Å². The van der Waals surface area contributed by atoms with Crippen LogP contribution in [-0.2, 0) is 16.6 Å². The standard InChI is InChI=1S/C13H20Cl2N4O2S.HI/c1-3-22(20,21)19-7-6-17-13(16-2)18-9-10-4-5-11(14)8-12(10)15;/h4-5,8,19H,3,6-7,9H2,1-2H3,(H2,16,17,18);1H. The third-order valence-corrected chi connectivity index (χ3v) is 4.80. The van der Waals surface area contributed by atoms with E-state index in [1.807, 2.05) is 6.07 Å². The van der Waals surface area contributed by atoms with Crippen LogP contribution in [0.25, 0.3) is 0 Å². The van der Waals surface area contributed by atoms with Crippen molar-refractivity contribution in [3.05, 3.63) is 33.8 Å². The van der Waals surface area contributed by atoms with Gasteiger partial charge in [-0.15, -0.1) is 24.0 Å². The van der Waals surface area contributed by atoms with Gasteiger partial charge in [0.15, 0.2) is 5.96 Å². The Morgan fingerprint density at radius 2 is 1.91 bits per heavy atom. The lowest BCUT2D eigenvalue weighted by Gasteiger charge is -2.13. The van der Waals surface area contributed by atoms with Crippen molar-refractivity contribution in [3.63, 3.8) is 0 Å². The van der Waals surface area contributed by atoms with Crippen LogP contribution >= 0.6 is 47.2 Å². The zero-order valence-corrected chi connectivity index (χ0v) is 17.6. The normalized spacial score (nSPS) is 11.7. The highest BCUT2D eigenvalue weighted by atomic mass is 127.